The number of benzene rings is 2. The van der Waals surface area contributed by atoms with E-state index in [2.05, 4.69) is 26.0 Å². The maximum Gasteiger partial charge on any atom is 0.262 e. The Balaban J connectivity index is 1.98. The maximum absolute atomic E-state index is 12.8. The quantitative estimate of drug-likeness (QED) is 0.709. The number of nitrogens with one attached hydrogen (secondary N) is 2. The number of fused-ring (bicyclic) bond motifs is 1. The average molecular weight is 462 g/mol. The Morgan fingerprint density at radius 1 is 1.35 bits per heavy atom. The Morgan fingerprint density at radius 2 is 2.12 bits per heavy atom. The highest BCUT2D eigenvalue weighted by Crippen LogP contribution is 2.38. The van der Waals surface area contributed by atoms with Crippen molar-refractivity contribution in [2.24, 2.45) is 0 Å². The highest BCUT2D eigenvalue weighted by Gasteiger charge is 2.23. The second kappa shape index (κ2) is 7.34. The number of anilines is 2. The van der Waals surface area contributed by atoms with Crippen LogP contribution in [0.5, 0.6) is 11.5 Å². The van der Waals surface area contributed by atoms with Crippen molar-refractivity contribution in [2.75, 3.05) is 23.3 Å². The normalized spacial score (nSPS) is 13.4. The second-order valence-electron chi connectivity index (χ2n) is 5.30. The van der Waals surface area contributed by atoms with Gasteiger partial charge in [-0.1, -0.05) is 11.6 Å². The molecular formula is C16H14BrClN2O5S. The highest BCUT2D eigenvalue weighted by atomic mass is 79.9. The van der Waals surface area contributed by atoms with Crippen molar-refractivity contribution in [3.63, 3.8) is 0 Å². The summed E-state index contributed by atoms with van der Waals surface area (Å²) in [7, 11) is -3.95. The predicted molar refractivity (Wildman–Crippen MR) is 102 cm³/mol. The number of rotatable bonds is 5. The molecule has 0 atom stereocenters. The lowest BCUT2D eigenvalue weighted by Crippen LogP contribution is -2.25. The number of hydrogen-bond acceptors (Lipinski definition) is 5. The second-order valence-corrected chi connectivity index (χ2v) is 8.27. The largest absolute Gasteiger partial charge is 0.490 e. The van der Waals surface area contributed by atoms with Crippen molar-refractivity contribution in [3.8, 4) is 11.5 Å². The van der Waals surface area contributed by atoms with Crippen LogP contribution in [0, 0.1) is 0 Å². The van der Waals surface area contributed by atoms with E-state index < -0.39 is 10.0 Å². The number of hydrogen-bond donors (Lipinski definition) is 2. The van der Waals surface area contributed by atoms with Crippen molar-refractivity contribution in [3.05, 3.63) is 39.8 Å². The molecule has 1 aliphatic rings. The van der Waals surface area contributed by atoms with Crippen molar-refractivity contribution in [1.82, 2.24) is 0 Å². The van der Waals surface area contributed by atoms with E-state index >= 15 is 0 Å². The molecule has 1 aliphatic heterocycles. The Labute approximate surface area is 163 Å². The lowest BCUT2D eigenvalue weighted by Gasteiger charge is -2.19. The van der Waals surface area contributed by atoms with Crippen molar-refractivity contribution >= 4 is 54.8 Å². The zero-order valence-corrected chi connectivity index (χ0v) is 16.7. The molecule has 26 heavy (non-hydrogen) atoms. The van der Waals surface area contributed by atoms with Crippen LogP contribution in [0.3, 0.4) is 0 Å². The van der Waals surface area contributed by atoms with Gasteiger partial charge in [0.2, 0.25) is 0 Å². The first-order chi connectivity index (χ1) is 12.3. The minimum atomic E-state index is -3.95. The van der Waals surface area contributed by atoms with Gasteiger partial charge in [-0.25, -0.2) is 8.42 Å². The van der Waals surface area contributed by atoms with E-state index in [1.807, 2.05) is 0 Å². The van der Waals surface area contributed by atoms with Gasteiger partial charge in [0.25, 0.3) is 15.9 Å². The molecule has 0 aromatic heterocycles. The third-order valence-electron chi connectivity index (χ3n) is 3.44. The van der Waals surface area contributed by atoms with Crippen molar-refractivity contribution < 1.29 is 22.7 Å². The number of amides is 1. The van der Waals surface area contributed by atoms with Crippen molar-refractivity contribution in [1.29, 1.82) is 0 Å². The molecule has 2 aromatic carbocycles. The first kappa shape index (κ1) is 18.8. The molecule has 1 amide bonds. The van der Waals surface area contributed by atoms with Gasteiger partial charge in [0.1, 0.15) is 5.75 Å². The zero-order chi connectivity index (χ0) is 18.9. The Morgan fingerprint density at radius 3 is 2.85 bits per heavy atom. The fourth-order valence-electron chi connectivity index (χ4n) is 2.36. The number of carbonyl (C=O) groups excluding carboxylic acids is 1. The standard InChI is InChI=1S/C16H14BrClN2O5S/c1-2-24-16-11(17)5-9(18)6-13(16)20-26(22,23)10-3-4-14-12(7-10)19-15(21)8-25-14/h3-7,20H,2,8H2,1H3,(H,19,21). The summed E-state index contributed by atoms with van der Waals surface area (Å²) in [6.45, 7) is 2.02. The van der Waals surface area contributed by atoms with E-state index in [9.17, 15) is 13.2 Å². The van der Waals surface area contributed by atoms with Crippen LogP contribution < -0.4 is 19.5 Å². The zero-order valence-electron chi connectivity index (χ0n) is 13.5. The molecule has 138 valence electrons. The summed E-state index contributed by atoms with van der Waals surface area (Å²) in [4.78, 5) is 11.4. The third kappa shape index (κ3) is 3.89. The molecule has 0 saturated heterocycles. The summed E-state index contributed by atoms with van der Waals surface area (Å²) < 4.78 is 39.3. The Hall–Kier alpha value is -1.97. The van der Waals surface area contributed by atoms with Gasteiger partial charge in [-0.15, -0.1) is 0 Å². The van der Waals surface area contributed by atoms with Crippen LogP contribution in [0.15, 0.2) is 39.7 Å². The minimum absolute atomic E-state index is 0.0411. The first-order valence-electron chi connectivity index (χ1n) is 7.51. The fraction of sp³-hybridized carbons (Fsp3) is 0.188. The van der Waals surface area contributed by atoms with E-state index in [4.69, 9.17) is 21.1 Å². The van der Waals surface area contributed by atoms with Crippen LogP contribution in [0.25, 0.3) is 0 Å². The van der Waals surface area contributed by atoms with Gasteiger partial charge in [0.15, 0.2) is 12.4 Å². The summed E-state index contributed by atoms with van der Waals surface area (Å²) in [6, 6.07) is 7.27. The van der Waals surface area contributed by atoms with Gasteiger partial charge in [0, 0.05) is 5.02 Å². The Bertz CT molecular complexity index is 981. The van der Waals surface area contributed by atoms with Gasteiger partial charge in [-0.2, -0.15) is 0 Å². The summed E-state index contributed by atoms with van der Waals surface area (Å²) in [5.41, 5.74) is 0.491. The van der Waals surface area contributed by atoms with Gasteiger partial charge >= 0.3 is 0 Å². The van der Waals surface area contributed by atoms with Crippen molar-refractivity contribution in [2.45, 2.75) is 11.8 Å². The molecule has 0 radical (unpaired) electrons. The highest BCUT2D eigenvalue weighted by molar-refractivity contribution is 9.10. The number of carbonyl (C=O) groups is 1. The lowest BCUT2D eigenvalue weighted by atomic mass is 10.2. The van der Waals surface area contributed by atoms with Gasteiger partial charge in [-0.3, -0.25) is 9.52 Å². The Kier molecular flexibility index (Phi) is 5.31. The van der Waals surface area contributed by atoms with Crippen LogP contribution in [0.4, 0.5) is 11.4 Å². The minimum Gasteiger partial charge on any atom is -0.490 e. The molecule has 0 unspecified atom stereocenters. The summed E-state index contributed by atoms with van der Waals surface area (Å²) in [6.07, 6.45) is 0. The van der Waals surface area contributed by atoms with Crippen LogP contribution in [-0.2, 0) is 14.8 Å². The summed E-state index contributed by atoms with van der Waals surface area (Å²) in [5.74, 6) is 0.386. The molecule has 0 bridgehead atoms. The molecule has 7 nitrogen and oxygen atoms in total. The molecule has 2 aromatic rings. The SMILES string of the molecule is CCOc1c(Br)cc(Cl)cc1NS(=O)(=O)c1ccc2c(c1)NC(=O)CO2. The molecule has 10 heteroatoms. The van der Waals surface area contributed by atoms with Gasteiger partial charge in [0.05, 0.1) is 27.3 Å². The van der Waals surface area contributed by atoms with Crippen LogP contribution in [0.2, 0.25) is 5.02 Å². The molecule has 0 aliphatic carbocycles. The molecule has 0 saturated carbocycles. The van der Waals surface area contributed by atoms with Crippen LogP contribution in [0.1, 0.15) is 6.92 Å². The van der Waals surface area contributed by atoms with E-state index in [-0.39, 0.29) is 23.1 Å². The predicted octanol–water partition coefficient (Wildman–Crippen LogP) is 3.63. The maximum atomic E-state index is 12.8. The van der Waals surface area contributed by atoms with Gasteiger partial charge in [-0.05, 0) is 53.2 Å². The molecular weight excluding hydrogens is 448 g/mol. The summed E-state index contributed by atoms with van der Waals surface area (Å²) >= 11 is 9.33. The molecule has 2 N–H and O–H groups in total. The van der Waals surface area contributed by atoms with Crippen LogP contribution in [-0.4, -0.2) is 27.5 Å². The molecule has 0 fully saturated rings. The third-order valence-corrected chi connectivity index (χ3v) is 5.61. The van der Waals surface area contributed by atoms with Gasteiger partial charge < -0.3 is 14.8 Å². The summed E-state index contributed by atoms with van der Waals surface area (Å²) in [5, 5.41) is 2.91. The smallest absolute Gasteiger partial charge is 0.262 e. The van der Waals surface area contributed by atoms with E-state index in [1.165, 1.54) is 24.3 Å². The number of halogens is 2. The lowest BCUT2D eigenvalue weighted by molar-refractivity contribution is -0.118. The van der Waals surface area contributed by atoms with E-state index in [1.54, 1.807) is 13.0 Å². The number of sulfonamides is 1. The monoisotopic (exact) mass is 460 g/mol. The van der Waals surface area contributed by atoms with E-state index in [0.29, 0.717) is 33.3 Å². The molecule has 1 heterocycles. The topological polar surface area (TPSA) is 93.7 Å². The van der Waals surface area contributed by atoms with E-state index in [0.717, 1.165) is 0 Å². The fourth-order valence-corrected chi connectivity index (χ4v) is 4.36. The molecule has 0 spiro atoms. The number of ether oxygens (including phenoxy) is 2. The van der Waals surface area contributed by atoms with Crippen LogP contribution >= 0.6 is 27.5 Å². The molecule has 3 rings (SSSR count). The average Bonchev–Trinajstić information content (AvgIpc) is 2.57. The first-order valence-corrected chi connectivity index (χ1v) is 10.2.